The van der Waals surface area contributed by atoms with E-state index in [1.807, 2.05) is 0 Å². The Labute approximate surface area is 91.6 Å². The molecule has 0 aliphatic carbocycles. The van der Waals surface area contributed by atoms with Crippen molar-refractivity contribution in [2.45, 2.75) is 4.90 Å². The Morgan fingerprint density at radius 3 is 2.86 bits per heavy atom. The molecule has 3 nitrogen and oxygen atoms in total. The summed E-state index contributed by atoms with van der Waals surface area (Å²) < 4.78 is 16.3. The van der Waals surface area contributed by atoms with Crippen LogP contribution in [0.25, 0.3) is 0 Å². The molecule has 1 unspecified atom stereocenters. The number of ether oxygens (including phenoxy) is 1. The van der Waals surface area contributed by atoms with E-state index in [-0.39, 0.29) is 5.12 Å². The Morgan fingerprint density at radius 1 is 1.50 bits per heavy atom. The molecule has 74 valence electrons. The summed E-state index contributed by atoms with van der Waals surface area (Å²) in [7, 11) is 0.944. The van der Waals surface area contributed by atoms with Gasteiger partial charge in [0, 0.05) is 10.8 Å². The van der Waals surface area contributed by atoms with Gasteiger partial charge in [0.2, 0.25) is 5.12 Å². The van der Waals surface area contributed by atoms with E-state index in [4.69, 9.17) is 16.3 Å². The molecule has 2 rings (SSSR count). The highest BCUT2D eigenvalue weighted by atomic mass is 35.5. The third-order valence-corrected chi connectivity index (χ3v) is 4.77. The molecule has 0 spiro atoms. The quantitative estimate of drug-likeness (QED) is 0.715. The summed E-state index contributed by atoms with van der Waals surface area (Å²) in [4.78, 5) is 11.8. The van der Waals surface area contributed by atoms with Crippen LogP contribution in [0.1, 0.15) is 10.4 Å². The lowest BCUT2D eigenvalue weighted by Crippen LogP contribution is -1.92. The fourth-order valence-corrected chi connectivity index (χ4v) is 3.91. The molecule has 1 aromatic rings. The van der Waals surface area contributed by atoms with Crippen molar-refractivity contribution >= 4 is 37.3 Å². The Kier molecular flexibility index (Phi) is 2.55. The molecule has 0 saturated carbocycles. The van der Waals surface area contributed by atoms with Gasteiger partial charge in [-0.2, -0.15) is 0 Å². The van der Waals surface area contributed by atoms with Crippen LogP contribution in [-0.2, 0) is 9.83 Å². The lowest BCUT2D eigenvalue weighted by Gasteiger charge is -2.03. The summed E-state index contributed by atoms with van der Waals surface area (Å²) in [5.74, 6) is 0.429. The van der Waals surface area contributed by atoms with Gasteiger partial charge >= 0.3 is 0 Å². The van der Waals surface area contributed by atoms with Gasteiger partial charge in [-0.05, 0) is 12.1 Å². The molecule has 0 radical (unpaired) electrons. The first-order valence-electron chi connectivity index (χ1n) is 3.65. The van der Waals surface area contributed by atoms with Gasteiger partial charge in [-0.25, -0.2) is 4.21 Å². The van der Waals surface area contributed by atoms with E-state index in [1.54, 1.807) is 0 Å². The van der Waals surface area contributed by atoms with Crippen LogP contribution in [0.5, 0.6) is 5.75 Å². The molecule has 1 aliphatic heterocycles. The molecule has 1 aliphatic rings. The summed E-state index contributed by atoms with van der Waals surface area (Å²) in [5.41, 5.74) is 0.426. The Hall–Kier alpha value is -0.520. The van der Waals surface area contributed by atoms with E-state index < -0.39 is 9.83 Å². The average molecular weight is 249 g/mol. The van der Waals surface area contributed by atoms with Crippen molar-refractivity contribution < 1.29 is 13.7 Å². The third-order valence-electron chi connectivity index (χ3n) is 1.80. The second kappa shape index (κ2) is 3.56. The molecule has 0 fully saturated rings. The van der Waals surface area contributed by atoms with E-state index in [1.165, 1.54) is 19.2 Å². The number of rotatable bonds is 1. The maximum absolute atomic E-state index is 11.4. The van der Waals surface area contributed by atoms with Crippen LogP contribution in [0.4, 0.5) is 0 Å². The fourth-order valence-electron chi connectivity index (χ4n) is 1.15. The molecule has 1 atom stereocenters. The molecule has 0 saturated heterocycles. The highest BCUT2D eigenvalue weighted by Gasteiger charge is 2.29. The van der Waals surface area contributed by atoms with Gasteiger partial charge in [-0.15, -0.1) is 0 Å². The minimum Gasteiger partial charge on any atom is -0.495 e. The second-order valence-corrected chi connectivity index (χ2v) is 5.85. The summed E-state index contributed by atoms with van der Waals surface area (Å²) in [6.07, 6.45) is 0. The van der Waals surface area contributed by atoms with Crippen LogP contribution in [0.2, 0.25) is 5.02 Å². The van der Waals surface area contributed by atoms with Crippen molar-refractivity contribution in [3.05, 3.63) is 22.7 Å². The van der Waals surface area contributed by atoms with Gasteiger partial charge in [0.05, 0.1) is 22.6 Å². The number of hydrogen-bond acceptors (Lipinski definition) is 4. The molecule has 0 aromatic heterocycles. The van der Waals surface area contributed by atoms with Crippen molar-refractivity contribution in [2.75, 3.05) is 7.11 Å². The number of fused-ring (bicyclic) bond motifs is 1. The zero-order valence-electron chi connectivity index (χ0n) is 7.07. The zero-order valence-corrected chi connectivity index (χ0v) is 9.46. The first-order valence-corrected chi connectivity index (χ1v) is 6.51. The topological polar surface area (TPSA) is 43.4 Å². The van der Waals surface area contributed by atoms with Gasteiger partial charge in [0.15, 0.2) is 0 Å². The molecule has 1 aromatic carbocycles. The largest absolute Gasteiger partial charge is 0.495 e. The smallest absolute Gasteiger partial charge is 0.233 e. The highest BCUT2D eigenvalue weighted by molar-refractivity contribution is 8.76. The maximum Gasteiger partial charge on any atom is 0.233 e. The second-order valence-electron chi connectivity index (χ2n) is 2.59. The number of hydrogen-bond donors (Lipinski definition) is 0. The highest BCUT2D eigenvalue weighted by Crippen LogP contribution is 2.39. The van der Waals surface area contributed by atoms with E-state index in [2.05, 4.69) is 0 Å². The van der Waals surface area contributed by atoms with Gasteiger partial charge in [-0.1, -0.05) is 11.6 Å². The van der Waals surface area contributed by atoms with Crippen LogP contribution in [0.3, 0.4) is 0 Å². The molecule has 0 bridgehead atoms. The standard InChI is InChI=1S/C8H5ClO3S2/c1-12-6-2-4-7(3-5(6)9)14(11)13-8(4)10/h2-3H,1H3. The Morgan fingerprint density at radius 2 is 2.21 bits per heavy atom. The monoisotopic (exact) mass is 248 g/mol. The predicted octanol–water partition coefficient (Wildman–Crippen LogP) is 2.26. The zero-order chi connectivity index (χ0) is 10.3. The Balaban J connectivity index is 2.65. The van der Waals surface area contributed by atoms with Gasteiger partial charge < -0.3 is 4.74 Å². The number of carbonyl (C=O) groups is 1. The van der Waals surface area contributed by atoms with Crippen molar-refractivity contribution in [3.8, 4) is 5.75 Å². The van der Waals surface area contributed by atoms with Crippen LogP contribution < -0.4 is 4.74 Å². The summed E-state index contributed by atoms with van der Waals surface area (Å²) in [6.45, 7) is 0. The van der Waals surface area contributed by atoms with Crippen molar-refractivity contribution in [3.63, 3.8) is 0 Å². The van der Waals surface area contributed by atoms with Crippen LogP contribution in [0, 0.1) is 0 Å². The molecule has 0 N–H and O–H groups in total. The fraction of sp³-hybridized carbons (Fsp3) is 0.125. The first kappa shape index (κ1) is 10.0. The van der Waals surface area contributed by atoms with Crippen LogP contribution >= 0.6 is 22.4 Å². The minimum absolute atomic E-state index is 0.201. The van der Waals surface area contributed by atoms with E-state index in [9.17, 15) is 9.00 Å². The van der Waals surface area contributed by atoms with E-state index in [0.717, 1.165) is 10.8 Å². The van der Waals surface area contributed by atoms with Crippen LogP contribution in [0.15, 0.2) is 17.0 Å². The summed E-state index contributed by atoms with van der Waals surface area (Å²) in [5, 5.41) is 0.170. The molecular formula is C8H5ClO3S2. The average Bonchev–Trinajstić information content (AvgIpc) is 2.41. The lowest BCUT2D eigenvalue weighted by atomic mass is 10.2. The van der Waals surface area contributed by atoms with E-state index in [0.29, 0.717) is 21.2 Å². The SMILES string of the molecule is COc1cc2c(cc1Cl)S(=O)SC2=O. The normalized spacial score (nSPS) is 19.6. The van der Waals surface area contributed by atoms with Gasteiger partial charge in [-0.3, -0.25) is 4.79 Å². The first-order chi connectivity index (χ1) is 6.63. The van der Waals surface area contributed by atoms with Crippen molar-refractivity contribution in [1.29, 1.82) is 0 Å². The maximum atomic E-state index is 11.4. The minimum atomic E-state index is -1.32. The molecule has 1 heterocycles. The van der Waals surface area contributed by atoms with E-state index >= 15 is 0 Å². The summed E-state index contributed by atoms with van der Waals surface area (Å²) in [6, 6.07) is 3.04. The molecule has 14 heavy (non-hydrogen) atoms. The van der Waals surface area contributed by atoms with Crippen molar-refractivity contribution in [2.24, 2.45) is 0 Å². The lowest BCUT2D eigenvalue weighted by molar-refractivity contribution is 0.108. The molecular weight excluding hydrogens is 244 g/mol. The molecule has 0 amide bonds. The van der Waals surface area contributed by atoms with Gasteiger partial charge in [0.1, 0.15) is 15.6 Å². The number of carbonyl (C=O) groups excluding carboxylic acids is 1. The van der Waals surface area contributed by atoms with Gasteiger partial charge in [0.25, 0.3) is 0 Å². The predicted molar refractivity (Wildman–Crippen MR) is 56.3 cm³/mol. The summed E-state index contributed by atoms with van der Waals surface area (Å²) >= 11 is 5.84. The number of halogens is 1. The third kappa shape index (κ3) is 1.45. The Bertz CT molecular complexity index is 444. The molecule has 6 heteroatoms. The van der Waals surface area contributed by atoms with Crippen molar-refractivity contribution in [1.82, 2.24) is 0 Å². The van der Waals surface area contributed by atoms with Crippen LogP contribution in [-0.4, -0.2) is 16.4 Å². The number of methoxy groups -OCH3 is 1. The number of benzene rings is 1.